The largest absolute Gasteiger partial charge is 0.497 e. The number of rotatable bonds is 9. The minimum Gasteiger partial charge on any atom is -0.497 e. The van der Waals surface area contributed by atoms with Gasteiger partial charge in [0.1, 0.15) is 17.5 Å². The molecular weight excluding hydrogens is 404 g/mol. The summed E-state index contributed by atoms with van der Waals surface area (Å²) in [6.07, 6.45) is 1.96. The van der Waals surface area contributed by atoms with Crippen molar-refractivity contribution in [3.05, 3.63) is 78.1 Å². The highest BCUT2D eigenvalue weighted by molar-refractivity contribution is 5.44. The zero-order valence-corrected chi connectivity index (χ0v) is 18.7. The molecule has 0 saturated carbocycles. The van der Waals surface area contributed by atoms with Crippen LogP contribution in [0.2, 0.25) is 0 Å². The molecule has 1 aliphatic rings. The molecule has 8 heteroatoms. The predicted octanol–water partition coefficient (Wildman–Crippen LogP) is 2.63. The van der Waals surface area contributed by atoms with Gasteiger partial charge < -0.3 is 9.47 Å². The molecule has 0 aliphatic carbocycles. The highest BCUT2D eigenvalue weighted by Gasteiger charge is 2.32. The molecule has 4 rings (SSSR count). The quantitative estimate of drug-likeness (QED) is 0.480. The van der Waals surface area contributed by atoms with E-state index >= 15 is 0 Å². The van der Waals surface area contributed by atoms with Gasteiger partial charge in [-0.25, -0.2) is 4.68 Å². The molecule has 8 nitrogen and oxygen atoms in total. The van der Waals surface area contributed by atoms with Gasteiger partial charge in [0.05, 0.1) is 20.8 Å². The van der Waals surface area contributed by atoms with Crippen LogP contribution in [0.15, 0.2) is 61.2 Å². The van der Waals surface area contributed by atoms with Gasteiger partial charge in [0.25, 0.3) is 0 Å². The lowest BCUT2D eigenvalue weighted by molar-refractivity contribution is 0.111. The average Bonchev–Trinajstić information content (AvgIpc) is 3.28. The van der Waals surface area contributed by atoms with Gasteiger partial charge in [-0.3, -0.25) is 9.80 Å². The maximum atomic E-state index is 5.75. The van der Waals surface area contributed by atoms with Crippen LogP contribution >= 0.6 is 0 Å². The summed E-state index contributed by atoms with van der Waals surface area (Å²) in [5.74, 6) is 2.36. The minimum absolute atomic E-state index is 0.162. The van der Waals surface area contributed by atoms with E-state index in [-0.39, 0.29) is 6.04 Å². The molecule has 0 spiro atoms. The molecular formula is C24H30N6O2. The average molecular weight is 435 g/mol. The summed E-state index contributed by atoms with van der Waals surface area (Å²) in [5, 5.41) is 12.9. The Labute approximate surface area is 189 Å². The number of hydrogen-bond donors (Lipinski definition) is 0. The molecule has 0 N–H and O–H groups in total. The van der Waals surface area contributed by atoms with Crippen LogP contribution < -0.4 is 9.47 Å². The van der Waals surface area contributed by atoms with E-state index in [1.165, 1.54) is 0 Å². The van der Waals surface area contributed by atoms with Gasteiger partial charge in [-0.2, -0.15) is 0 Å². The molecule has 0 amide bonds. The van der Waals surface area contributed by atoms with Crippen molar-refractivity contribution in [2.45, 2.75) is 12.6 Å². The number of piperazine rings is 1. The lowest BCUT2D eigenvalue weighted by Gasteiger charge is -2.39. The first-order valence-electron chi connectivity index (χ1n) is 10.8. The number of methoxy groups -OCH3 is 2. The van der Waals surface area contributed by atoms with Crippen LogP contribution in [0.4, 0.5) is 0 Å². The van der Waals surface area contributed by atoms with Crippen LogP contribution in [0.1, 0.15) is 23.0 Å². The molecule has 168 valence electrons. The Bertz CT molecular complexity index is 1010. The van der Waals surface area contributed by atoms with Gasteiger partial charge >= 0.3 is 0 Å². The summed E-state index contributed by atoms with van der Waals surface area (Å²) in [6, 6.07) is 16.0. The fourth-order valence-electron chi connectivity index (χ4n) is 4.22. The zero-order valence-electron chi connectivity index (χ0n) is 18.7. The van der Waals surface area contributed by atoms with Crippen LogP contribution in [0.5, 0.6) is 11.5 Å². The van der Waals surface area contributed by atoms with Crippen molar-refractivity contribution in [3.63, 3.8) is 0 Å². The highest BCUT2D eigenvalue weighted by atomic mass is 16.5. The first-order chi connectivity index (χ1) is 15.7. The maximum Gasteiger partial charge on any atom is 0.173 e. The standard InChI is InChI=1S/C24H30N6O2/c1-4-12-28-13-15-29(16-14-28)23(21-17-20(31-2)10-11-22(21)32-3)24-25-26-27-30(24)18-19-8-6-5-7-9-19/h4-11,17,23H,1,12-16,18H2,2-3H3. The van der Waals surface area contributed by atoms with Gasteiger partial charge in [-0.15, -0.1) is 11.7 Å². The van der Waals surface area contributed by atoms with E-state index < -0.39 is 0 Å². The van der Waals surface area contributed by atoms with Crippen molar-refractivity contribution in [2.24, 2.45) is 0 Å². The monoisotopic (exact) mass is 434 g/mol. The predicted molar refractivity (Wildman–Crippen MR) is 123 cm³/mol. The van der Waals surface area contributed by atoms with Crippen molar-refractivity contribution >= 4 is 0 Å². The Morgan fingerprint density at radius 3 is 2.50 bits per heavy atom. The molecule has 2 heterocycles. The number of benzene rings is 2. The number of aromatic nitrogens is 4. The van der Waals surface area contributed by atoms with Crippen molar-refractivity contribution in [3.8, 4) is 11.5 Å². The Hall–Kier alpha value is -3.23. The van der Waals surface area contributed by atoms with Gasteiger partial charge in [-0.05, 0) is 34.2 Å². The summed E-state index contributed by atoms with van der Waals surface area (Å²) in [6.45, 7) is 9.05. The normalized spacial score (nSPS) is 15.9. The molecule has 0 radical (unpaired) electrons. The molecule has 32 heavy (non-hydrogen) atoms. The SMILES string of the molecule is C=CCN1CCN(C(c2cc(OC)ccc2OC)c2nnnn2Cc2ccccc2)CC1. The first kappa shape index (κ1) is 22.0. The third-order valence-corrected chi connectivity index (χ3v) is 5.87. The Morgan fingerprint density at radius 1 is 1.03 bits per heavy atom. The third-order valence-electron chi connectivity index (χ3n) is 5.87. The van der Waals surface area contributed by atoms with Crippen LogP contribution in [-0.4, -0.2) is 77.0 Å². The summed E-state index contributed by atoms with van der Waals surface area (Å²) >= 11 is 0. The molecule has 1 aliphatic heterocycles. The second-order valence-corrected chi connectivity index (χ2v) is 7.82. The molecule has 1 fully saturated rings. The van der Waals surface area contributed by atoms with Crippen molar-refractivity contribution in [2.75, 3.05) is 46.9 Å². The fourth-order valence-corrected chi connectivity index (χ4v) is 4.22. The number of nitrogens with zero attached hydrogens (tertiary/aromatic N) is 6. The third kappa shape index (κ3) is 4.81. The zero-order chi connectivity index (χ0) is 22.3. The fraction of sp³-hybridized carbons (Fsp3) is 0.375. The Kier molecular flexibility index (Phi) is 7.14. The van der Waals surface area contributed by atoms with E-state index in [1.807, 2.05) is 47.2 Å². The molecule has 1 unspecified atom stereocenters. The van der Waals surface area contributed by atoms with E-state index in [9.17, 15) is 0 Å². The lowest BCUT2D eigenvalue weighted by atomic mass is 10.0. The number of ether oxygens (including phenoxy) is 2. The Morgan fingerprint density at radius 2 is 1.81 bits per heavy atom. The molecule has 1 atom stereocenters. The number of hydrogen-bond acceptors (Lipinski definition) is 7. The maximum absolute atomic E-state index is 5.75. The number of tetrazole rings is 1. The van der Waals surface area contributed by atoms with Crippen LogP contribution in [0.3, 0.4) is 0 Å². The van der Waals surface area contributed by atoms with Gasteiger partial charge in [0.2, 0.25) is 0 Å². The van der Waals surface area contributed by atoms with Crippen LogP contribution in [0.25, 0.3) is 0 Å². The summed E-state index contributed by atoms with van der Waals surface area (Å²) in [5.41, 5.74) is 2.14. The summed E-state index contributed by atoms with van der Waals surface area (Å²) in [7, 11) is 3.37. The van der Waals surface area contributed by atoms with Crippen LogP contribution in [0, 0.1) is 0 Å². The van der Waals surface area contributed by atoms with Gasteiger partial charge in [0, 0.05) is 38.3 Å². The van der Waals surface area contributed by atoms with Crippen molar-refractivity contribution in [1.82, 2.24) is 30.0 Å². The minimum atomic E-state index is -0.162. The van der Waals surface area contributed by atoms with E-state index in [1.54, 1.807) is 14.2 Å². The first-order valence-corrected chi connectivity index (χ1v) is 10.8. The van der Waals surface area contributed by atoms with E-state index in [4.69, 9.17) is 9.47 Å². The molecule has 1 saturated heterocycles. The smallest absolute Gasteiger partial charge is 0.173 e. The van der Waals surface area contributed by atoms with E-state index in [0.717, 1.165) is 61.2 Å². The second-order valence-electron chi connectivity index (χ2n) is 7.82. The highest BCUT2D eigenvalue weighted by Crippen LogP contribution is 2.36. The van der Waals surface area contributed by atoms with E-state index in [0.29, 0.717) is 6.54 Å². The van der Waals surface area contributed by atoms with Crippen molar-refractivity contribution in [1.29, 1.82) is 0 Å². The topological polar surface area (TPSA) is 68.5 Å². The van der Waals surface area contributed by atoms with Gasteiger partial charge in [0.15, 0.2) is 5.82 Å². The summed E-state index contributed by atoms with van der Waals surface area (Å²) < 4.78 is 13.2. The summed E-state index contributed by atoms with van der Waals surface area (Å²) in [4.78, 5) is 4.82. The Balaban J connectivity index is 1.73. The molecule has 2 aromatic carbocycles. The lowest BCUT2D eigenvalue weighted by Crippen LogP contribution is -2.48. The molecule has 0 bridgehead atoms. The van der Waals surface area contributed by atoms with Crippen LogP contribution in [-0.2, 0) is 6.54 Å². The molecule has 1 aromatic heterocycles. The molecule has 3 aromatic rings. The second kappa shape index (κ2) is 10.4. The van der Waals surface area contributed by atoms with Crippen molar-refractivity contribution < 1.29 is 9.47 Å². The van der Waals surface area contributed by atoms with E-state index in [2.05, 4.69) is 44.0 Å². The van der Waals surface area contributed by atoms with Gasteiger partial charge in [-0.1, -0.05) is 36.4 Å².